The summed E-state index contributed by atoms with van der Waals surface area (Å²) >= 11 is 0. The SMILES string of the molecule is CCOC(=O)C[C@H](N)c1cccc(-c2ccccc2)n1. The number of carbonyl (C=O) groups excluding carboxylic acids is 1. The summed E-state index contributed by atoms with van der Waals surface area (Å²) in [5.41, 5.74) is 8.58. The van der Waals surface area contributed by atoms with E-state index < -0.39 is 6.04 Å². The fraction of sp³-hybridized carbons (Fsp3) is 0.250. The maximum Gasteiger partial charge on any atom is 0.307 e. The summed E-state index contributed by atoms with van der Waals surface area (Å²) in [4.78, 5) is 16.0. The normalized spacial score (nSPS) is 11.9. The molecule has 0 aliphatic rings. The summed E-state index contributed by atoms with van der Waals surface area (Å²) in [6.07, 6.45) is 0.138. The van der Waals surface area contributed by atoms with E-state index in [1.807, 2.05) is 48.5 Å². The molecule has 2 rings (SSSR count). The second-order valence-corrected chi connectivity index (χ2v) is 4.43. The van der Waals surface area contributed by atoms with Crippen LogP contribution in [0.2, 0.25) is 0 Å². The van der Waals surface area contributed by atoms with E-state index in [9.17, 15) is 4.79 Å². The lowest BCUT2D eigenvalue weighted by atomic mass is 10.1. The predicted molar refractivity (Wildman–Crippen MR) is 77.9 cm³/mol. The quantitative estimate of drug-likeness (QED) is 0.848. The Labute approximate surface area is 118 Å². The van der Waals surface area contributed by atoms with Crippen molar-refractivity contribution < 1.29 is 9.53 Å². The van der Waals surface area contributed by atoms with Crippen molar-refractivity contribution in [2.45, 2.75) is 19.4 Å². The van der Waals surface area contributed by atoms with Gasteiger partial charge in [0.1, 0.15) is 0 Å². The summed E-state index contributed by atoms with van der Waals surface area (Å²) in [6, 6.07) is 15.1. The molecule has 1 heterocycles. The Kier molecular flexibility index (Phi) is 4.85. The molecule has 4 heteroatoms. The van der Waals surface area contributed by atoms with E-state index >= 15 is 0 Å². The molecule has 104 valence electrons. The number of nitrogens with two attached hydrogens (primary N) is 1. The molecule has 0 saturated carbocycles. The molecule has 2 N–H and O–H groups in total. The molecule has 1 aromatic carbocycles. The summed E-state index contributed by atoms with van der Waals surface area (Å²) in [5.74, 6) is -0.299. The van der Waals surface area contributed by atoms with Crippen LogP contribution in [0.3, 0.4) is 0 Å². The summed E-state index contributed by atoms with van der Waals surface area (Å²) < 4.78 is 4.90. The van der Waals surface area contributed by atoms with Gasteiger partial charge < -0.3 is 10.5 Å². The van der Waals surface area contributed by atoms with Crippen LogP contribution in [0.5, 0.6) is 0 Å². The predicted octanol–water partition coefficient (Wildman–Crippen LogP) is 2.70. The van der Waals surface area contributed by atoms with E-state index in [0.29, 0.717) is 12.3 Å². The number of esters is 1. The first-order valence-electron chi connectivity index (χ1n) is 6.64. The summed E-state index contributed by atoms with van der Waals surface area (Å²) in [7, 11) is 0. The Morgan fingerprint density at radius 2 is 1.95 bits per heavy atom. The Morgan fingerprint density at radius 3 is 2.65 bits per heavy atom. The van der Waals surface area contributed by atoms with Crippen molar-refractivity contribution in [2.75, 3.05) is 6.61 Å². The minimum Gasteiger partial charge on any atom is -0.466 e. The van der Waals surface area contributed by atoms with E-state index in [1.165, 1.54) is 0 Å². The van der Waals surface area contributed by atoms with Gasteiger partial charge in [0.25, 0.3) is 0 Å². The van der Waals surface area contributed by atoms with Gasteiger partial charge in [-0.25, -0.2) is 0 Å². The van der Waals surface area contributed by atoms with Crippen molar-refractivity contribution in [3.63, 3.8) is 0 Å². The number of carbonyl (C=O) groups is 1. The van der Waals surface area contributed by atoms with Crippen molar-refractivity contribution in [3.05, 3.63) is 54.2 Å². The molecule has 0 unspecified atom stereocenters. The topological polar surface area (TPSA) is 65.2 Å². The summed E-state index contributed by atoms with van der Waals surface area (Å²) in [6.45, 7) is 2.14. The molecule has 0 fully saturated rings. The molecule has 0 spiro atoms. The molecule has 0 saturated heterocycles. The Hall–Kier alpha value is -2.20. The Morgan fingerprint density at radius 1 is 1.20 bits per heavy atom. The lowest BCUT2D eigenvalue weighted by Crippen LogP contribution is -2.18. The number of hydrogen-bond donors (Lipinski definition) is 1. The van der Waals surface area contributed by atoms with E-state index in [-0.39, 0.29) is 12.4 Å². The van der Waals surface area contributed by atoms with Gasteiger partial charge in [0.15, 0.2) is 0 Å². The molecular formula is C16H18N2O2. The number of ether oxygens (including phenoxy) is 1. The Balaban J connectivity index is 2.15. The van der Waals surface area contributed by atoms with Gasteiger partial charge in [-0.2, -0.15) is 0 Å². The largest absolute Gasteiger partial charge is 0.466 e. The van der Waals surface area contributed by atoms with Gasteiger partial charge >= 0.3 is 5.97 Å². The number of hydrogen-bond acceptors (Lipinski definition) is 4. The maximum atomic E-state index is 11.5. The highest BCUT2D eigenvalue weighted by Crippen LogP contribution is 2.19. The van der Waals surface area contributed by atoms with Crippen molar-refractivity contribution in [1.82, 2.24) is 4.98 Å². The van der Waals surface area contributed by atoms with Gasteiger partial charge in [-0.15, -0.1) is 0 Å². The second kappa shape index (κ2) is 6.82. The van der Waals surface area contributed by atoms with Crippen LogP contribution in [0.4, 0.5) is 0 Å². The Bertz CT molecular complexity index is 570. The standard InChI is InChI=1S/C16H18N2O2/c1-2-20-16(19)11-13(17)15-10-6-9-14(18-15)12-7-4-3-5-8-12/h3-10,13H,2,11,17H2,1H3/t13-/m0/s1. The van der Waals surface area contributed by atoms with Crippen molar-refractivity contribution in [2.24, 2.45) is 5.73 Å². The van der Waals surface area contributed by atoms with Crippen LogP contribution in [0.1, 0.15) is 25.1 Å². The molecular weight excluding hydrogens is 252 g/mol. The highest BCUT2D eigenvalue weighted by Gasteiger charge is 2.14. The molecule has 0 bridgehead atoms. The van der Waals surface area contributed by atoms with E-state index in [0.717, 1.165) is 11.3 Å². The van der Waals surface area contributed by atoms with Crippen LogP contribution in [0.25, 0.3) is 11.3 Å². The molecule has 20 heavy (non-hydrogen) atoms. The van der Waals surface area contributed by atoms with E-state index in [4.69, 9.17) is 10.5 Å². The third kappa shape index (κ3) is 3.65. The lowest BCUT2D eigenvalue weighted by molar-refractivity contribution is -0.143. The minimum atomic E-state index is -0.447. The van der Waals surface area contributed by atoms with Crippen molar-refractivity contribution in [3.8, 4) is 11.3 Å². The molecule has 0 aliphatic heterocycles. The van der Waals surface area contributed by atoms with E-state index in [2.05, 4.69) is 4.98 Å². The smallest absolute Gasteiger partial charge is 0.307 e. The van der Waals surface area contributed by atoms with Crippen LogP contribution in [-0.2, 0) is 9.53 Å². The monoisotopic (exact) mass is 270 g/mol. The van der Waals surface area contributed by atoms with Crippen molar-refractivity contribution in [1.29, 1.82) is 0 Å². The van der Waals surface area contributed by atoms with Gasteiger partial charge in [-0.05, 0) is 19.1 Å². The maximum absolute atomic E-state index is 11.5. The van der Waals surface area contributed by atoms with Crippen molar-refractivity contribution >= 4 is 5.97 Å². The number of benzene rings is 1. The van der Waals surface area contributed by atoms with Gasteiger partial charge in [-0.3, -0.25) is 9.78 Å². The first-order chi connectivity index (χ1) is 9.70. The first-order valence-corrected chi connectivity index (χ1v) is 6.64. The second-order valence-electron chi connectivity index (χ2n) is 4.43. The third-order valence-electron chi connectivity index (χ3n) is 2.91. The molecule has 0 amide bonds. The number of pyridine rings is 1. The average Bonchev–Trinajstić information content (AvgIpc) is 2.48. The van der Waals surface area contributed by atoms with Crippen LogP contribution in [-0.4, -0.2) is 17.6 Å². The lowest BCUT2D eigenvalue weighted by Gasteiger charge is -2.11. The zero-order valence-electron chi connectivity index (χ0n) is 11.5. The van der Waals surface area contributed by atoms with Crippen LogP contribution < -0.4 is 5.73 Å². The van der Waals surface area contributed by atoms with Crippen LogP contribution in [0.15, 0.2) is 48.5 Å². The van der Waals surface area contributed by atoms with Gasteiger partial charge in [-0.1, -0.05) is 36.4 Å². The minimum absolute atomic E-state index is 0.138. The van der Waals surface area contributed by atoms with Gasteiger partial charge in [0.05, 0.1) is 30.5 Å². The number of rotatable bonds is 5. The zero-order valence-corrected chi connectivity index (χ0v) is 11.5. The first kappa shape index (κ1) is 14.2. The van der Waals surface area contributed by atoms with Gasteiger partial charge in [0.2, 0.25) is 0 Å². The fourth-order valence-electron chi connectivity index (χ4n) is 1.93. The average molecular weight is 270 g/mol. The molecule has 1 aromatic heterocycles. The number of nitrogens with zero attached hydrogens (tertiary/aromatic N) is 1. The highest BCUT2D eigenvalue weighted by molar-refractivity contribution is 5.70. The number of aromatic nitrogens is 1. The molecule has 1 atom stereocenters. The molecule has 0 radical (unpaired) electrons. The fourth-order valence-corrected chi connectivity index (χ4v) is 1.93. The zero-order chi connectivity index (χ0) is 14.4. The highest BCUT2D eigenvalue weighted by atomic mass is 16.5. The third-order valence-corrected chi connectivity index (χ3v) is 2.91. The molecule has 0 aliphatic carbocycles. The van der Waals surface area contributed by atoms with Crippen LogP contribution in [0, 0.1) is 0 Å². The van der Waals surface area contributed by atoms with Crippen LogP contribution >= 0.6 is 0 Å². The molecule has 4 nitrogen and oxygen atoms in total. The summed E-state index contributed by atoms with van der Waals surface area (Å²) in [5, 5.41) is 0. The van der Waals surface area contributed by atoms with E-state index in [1.54, 1.807) is 6.92 Å². The van der Waals surface area contributed by atoms with Gasteiger partial charge in [0, 0.05) is 5.56 Å². The molecule has 2 aromatic rings.